The van der Waals surface area contributed by atoms with Crippen LogP contribution in [0.5, 0.6) is 0 Å². The minimum atomic E-state index is -2.55. The first kappa shape index (κ1) is 10.6. The molecule has 0 N–H and O–H groups in total. The average molecular weight is 249 g/mol. The van der Waals surface area contributed by atoms with E-state index in [9.17, 15) is 14.4 Å². The summed E-state index contributed by atoms with van der Waals surface area (Å²) >= 11 is 0. The molecule has 17 heavy (non-hydrogen) atoms. The zero-order valence-corrected chi connectivity index (χ0v) is 10.0. The molecule has 98 valence electrons. The first-order valence-corrected chi connectivity index (χ1v) is 5.07. The van der Waals surface area contributed by atoms with E-state index in [1.54, 1.807) is 6.92 Å². The molecule has 0 fully saturated rings. The smallest absolute Gasteiger partial charge is 0.347 e. The zero-order chi connectivity index (χ0) is 15.9. The number of esters is 3. The molecule has 0 heterocycles. The molecule has 0 unspecified atom stereocenters. The highest BCUT2D eigenvalue weighted by Crippen LogP contribution is 2.00. The highest BCUT2D eigenvalue weighted by molar-refractivity contribution is 5.78. The van der Waals surface area contributed by atoms with Crippen LogP contribution in [0.25, 0.3) is 0 Å². The maximum atomic E-state index is 11.6. The molecule has 0 aliphatic heterocycles. The molecule has 0 amide bonds. The maximum Gasteiger partial charge on any atom is 0.347 e. The lowest BCUT2D eigenvalue weighted by Crippen LogP contribution is -2.26. The second kappa shape index (κ2) is 8.55. The van der Waals surface area contributed by atoms with Crippen LogP contribution in [0.3, 0.4) is 0 Å². The number of carbonyl (C=O) groups excluding carboxylic acids is 3. The maximum absolute atomic E-state index is 11.6. The Kier molecular flexibility index (Phi) is 5.31. The van der Waals surface area contributed by atoms with Crippen molar-refractivity contribution >= 4 is 17.9 Å². The second-order valence-electron chi connectivity index (χ2n) is 2.96. The molecule has 6 heteroatoms. The third-order valence-corrected chi connectivity index (χ3v) is 1.48. The first-order valence-electron chi connectivity index (χ1n) is 6.65. The van der Waals surface area contributed by atoms with Gasteiger partial charge in [0.05, 0.1) is 14.6 Å². The lowest BCUT2D eigenvalue weighted by atomic mass is 10.3. The molecule has 0 aromatic rings. The van der Waals surface area contributed by atoms with Crippen LogP contribution in [-0.4, -0.2) is 37.2 Å². The van der Waals surface area contributed by atoms with Crippen LogP contribution < -0.4 is 0 Å². The monoisotopic (exact) mass is 249 g/mol. The van der Waals surface area contributed by atoms with E-state index in [-0.39, 0.29) is 6.61 Å². The predicted molar refractivity (Wildman–Crippen MR) is 58.1 cm³/mol. The van der Waals surface area contributed by atoms with E-state index in [2.05, 4.69) is 14.2 Å². The highest BCUT2D eigenvalue weighted by atomic mass is 16.6. The zero-order valence-electron chi connectivity index (χ0n) is 13.0. The first-order chi connectivity index (χ1) is 9.10. The number of ether oxygens (including phenoxy) is 3. The van der Waals surface area contributed by atoms with Crippen molar-refractivity contribution in [3.8, 4) is 0 Å². The van der Waals surface area contributed by atoms with Gasteiger partial charge >= 0.3 is 17.9 Å². The third-order valence-electron chi connectivity index (χ3n) is 1.48. The summed E-state index contributed by atoms with van der Waals surface area (Å²) < 4.78 is 35.9. The van der Waals surface area contributed by atoms with Gasteiger partial charge in [0.25, 0.3) is 0 Å². The van der Waals surface area contributed by atoms with Crippen LogP contribution in [0.2, 0.25) is 0 Å². The topological polar surface area (TPSA) is 78.9 Å². The molecule has 0 radical (unpaired) electrons. The Balaban J connectivity index is 4.50. The van der Waals surface area contributed by atoms with Gasteiger partial charge in [-0.05, 0) is 20.3 Å². The van der Waals surface area contributed by atoms with Crippen LogP contribution in [0, 0.1) is 0 Å². The minimum Gasteiger partial charge on any atom is -0.466 e. The van der Waals surface area contributed by atoms with E-state index in [0.29, 0.717) is 0 Å². The predicted octanol–water partition coefficient (Wildman–Crippen LogP) is 0.825. The van der Waals surface area contributed by atoms with Gasteiger partial charge in [-0.25, -0.2) is 4.79 Å². The van der Waals surface area contributed by atoms with Gasteiger partial charge in [-0.15, -0.1) is 0 Å². The molecule has 0 spiro atoms. The summed E-state index contributed by atoms with van der Waals surface area (Å²) in [5.41, 5.74) is 0. The lowest BCUT2D eigenvalue weighted by molar-refractivity contribution is -0.166. The van der Waals surface area contributed by atoms with Gasteiger partial charge < -0.3 is 14.2 Å². The van der Waals surface area contributed by atoms with Gasteiger partial charge in [-0.1, -0.05) is 0 Å². The lowest BCUT2D eigenvalue weighted by Gasteiger charge is -2.11. The molecule has 0 aliphatic rings. The average Bonchev–Trinajstić information content (AvgIpc) is 2.26. The van der Waals surface area contributed by atoms with E-state index in [0.717, 1.165) is 6.92 Å². The van der Waals surface area contributed by atoms with Crippen LogP contribution in [-0.2, 0) is 28.6 Å². The van der Waals surface area contributed by atoms with Crippen molar-refractivity contribution in [1.29, 1.82) is 0 Å². The molecule has 0 aliphatic carbocycles. The Morgan fingerprint density at radius 1 is 1.29 bits per heavy atom. The van der Waals surface area contributed by atoms with Crippen molar-refractivity contribution < 1.29 is 32.7 Å². The van der Waals surface area contributed by atoms with E-state index in [1.807, 2.05) is 0 Å². The molecule has 0 aromatic carbocycles. The standard InChI is InChI=1S/C11H18O6/c1-4-15-11(14)8(2)17-10(13)6-5-7-16-9(3)12/h8H,4-7H2,1-3H3/t8-/m0/s1/i6D2,7D/t7-,8+/m1. The quantitative estimate of drug-likeness (QED) is 0.491. The largest absolute Gasteiger partial charge is 0.466 e. The van der Waals surface area contributed by atoms with E-state index < -0.39 is 43.4 Å². The van der Waals surface area contributed by atoms with Gasteiger partial charge in [0, 0.05) is 16.0 Å². The van der Waals surface area contributed by atoms with Crippen molar-refractivity contribution in [3.63, 3.8) is 0 Å². The van der Waals surface area contributed by atoms with Gasteiger partial charge in [0.15, 0.2) is 6.10 Å². The van der Waals surface area contributed by atoms with Gasteiger partial charge in [0.1, 0.15) is 0 Å². The van der Waals surface area contributed by atoms with Crippen molar-refractivity contribution in [1.82, 2.24) is 0 Å². The molecule has 2 atom stereocenters. The van der Waals surface area contributed by atoms with Gasteiger partial charge in [0.2, 0.25) is 0 Å². The summed E-state index contributed by atoms with van der Waals surface area (Å²) in [6.07, 6.45) is -4.50. The van der Waals surface area contributed by atoms with Crippen LogP contribution in [0.1, 0.15) is 37.7 Å². The number of hydrogen-bond acceptors (Lipinski definition) is 6. The Hall–Kier alpha value is -1.59. The van der Waals surface area contributed by atoms with E-state index in [4.69, 9.17) is 4.11 Å². The SMILES string of the molecule is [2H][C@H](CC([2H])([2H])C(=O)O[C@@H](C)C(=O)OCC)OC(C)=O. The second-order valence-corrected chi connectivity index (χ2v) is 2.96. The summed E-state index contributed by atoms with van der Waals surface area (Å²) in [7, 11) is 0. The molecular formula is C11H18O6. The van der Waals surface area contributed by atoms with Crippen molar-refractivity contribution in [3.05, 3.63) is 0 Å². The Labute approximate surface area is 104 Å². The number of rotatable bonds is 7. The number of carbonyl (C=O) groups is 3. The van der Waals surface area contributed by atoms with Crippen molar-refractivity contribution in [2.45, 2.75) is 39.7 Å². The van der Waals surface area contributed by atoms with Crippen LogP contribution >= 0.6 is 0 Å². The summed E-state index contributed by atoms with van der Waals surface area (Å²) in [5.74, 6) is -2.87. The summed E-state index contributed by atoms with van der Waals surface area (Å²) in [6, 6.07) is 0. The summed E-state index contributed by atoms with van der Waals surface area (Å²) in [5, 5.41) is 0. The molecule has 6 nitrogen and oxygen atoms in total. The molecule has 0 saturated heterocycles. The molecule has 0 aromatic heterocycles. The normalized spacial score (nSPS) is 16.8. The van der Waals surface area contributed by atoms with Gasteiger partial charge in [-0.2, -0.15) is 0 Å². The van der Waals surface area contributed by atoms with E-state index in [1.165, 1.54) is 6.92 Å². The van der Waals surface area contributed by atoms with Gasteiger partial charge in [-0.3, -0.25) is 9.59 Å². The molecule has 0 rings (SSSR count). The van der Waals surface area contributed by atoms with E-state index >= 15 is 0 Å². The fourth-order valence-electron chi connectivity index (χ4n) is 0.794. The minimum absolute atomic E-state index is 0.106. The molecule has 0 bridgehead atoms. The Morgan fingerprint density at radius 2 is 1.94 bits per heavy atom. The number of hydrogen-bond donors (Lipinski definition) is 0. The van der Waals surface area contributed by atoms with Crippen LogP contribution in [0.15, 0.2) is 0 Å². The Morgan fingerprint density at radius 3 is 2.47 bits per heavy atom. The fraction of sp³-hybridized carbons (Fsp3) is 0.727. The molecular weight excluding hydrogens is 228 g/mol. The summed E-state index contributed by atoms with van der Waals surface area (Å²) in [4.78, 5) is 33.4. The highest BCUT2D eigenvalue weighted by Gasteiger charge is 2.18. The van der Waals surface area contributed by atoms with Crippen LogP contribution in [0.4, 0.5) is 0 Å². The molecule has 0 saturated carbocycles. The summed E-state index contributed by atoms with van der Waals surface area (Å²) in [6.45, 7) is 2.46. The van der Waals surface area contributed by atoms with Crippen molar-refractivity contribution in [2.75, 3.05) is 13.2 Å². The van der Waals surface area contributed by atoms with Crippen molar-refractivity contribution in [2.24, 2.45) is 0 Å². The fourth-order valence-corrected chi connectivity index (χ4v) is 0.794. The third kappa shape index (κ3) is 8.24. The Bertz CT molecular complexity index is 371.